The first-order chi connectivity index (χ1) is 11.4. The topological polar surface area (TPSA) is 29.5 Å². The summed E-state index contributed by atoms with van der Waals surface area (Å²) in [6.07, 6.45) is 1.79. The fourth-order valence-electron chi connectivity index (χ4n) is 3.74. The minimum atomic E-state index is -2.44. The van der Waals surface area contributed by atoms with Gasteiger partial charge in [0.1, 0.15) is 0 Å². The van der Waals surface area contributed by atoms with E-state index in [0.29, 0.717) is 6.61 Å². The maximum Gasteiger partial charge on any atom is 0.261 e. The molecule has 0 radical (unpaired) electrons. The number of hydrogen-bond donors (Lipinski definition) is 1. The number of aliphatic hydroxyl groups is 1. The van der Waals surface area contributed by atoms with Crippen molar-refractivity contribution in [2.45, 2.75) is 44.8 Å². The van der Waals surface area contributed by atoms with Crippen molar-refractivity contribution < 1.29 is 9.53 Å². The van der Waals surface area contributed by atoms with Gasteiger partial charge >= 0.3 is 0 Å². The van der Waals surface area contributed by atoms with Crippen LogP contribution in [0.1, 0.15) is 33.6 Å². The highest BCUT2D eigenvalue weighted by molar-refractivity contribution is 6.99. The fourth-order valence-corrected chi connectivity index (χ4v) is 8.36. The van der Waals surface area contributed by atoms with Crippen molar-refractivity contribution in [2.24, 2.45) is 5.92 Å². The molecule has 2 aromatic rings. The Bertz CT molecular complexity index is 609. The molecule has 0 saturated heterocycles. The fraction of sp³-hybridized carbons (Fsp3) is 0.429. The van der Waals surface area contributed by atoms with E-state index in [1.54, 1.807) is 0 Å². The molecule has 2 nitrogen and oxygen atoms in total. The molecule has 1 N–H and O–H groups in total. The second-order valence-corrected chi connectivity index (χ2v) is 12.2. The van der Waals surface area contributed by atoms with Gasteiger partial charge in [-0.2, -0.15) is 0 Å². The predicted octanol–water partition coefficient (Wildman–Crippen LogP) is 3.33. The van der Waals surface area contributed by atoms with Crippen LogP contribution in [-0.4, -0.2) is 26.1 Å². The Balaban J connectivity index is 2.06. The molecule has 1 aliphatic carbocycles. The Morgan fingerprint density at radius 3 is 1.75 bits per heavy atom. The van der Waals surface area contributed by atoms with Crippen LogP contribution < -0.4 is 10.4 Å². The molecule has 2 atom stereocenters. The van der Waals surface area contributed by atoms with Gasteiger partial charge in [0.25, 0.3) is 8.32 Å². The molecule has 1 saturated carbocycles. The molecule has 1 aliphatic rings. The molecular weight excluding hydrogens is 312 g/mol. The molecular formula is C21H28O2Si. The van der Waals surface area contributed by atoms with Crippen LogP contribution in [0.3, 0.4) is 0 Å². The first-order valence-electron chi connectivity index (χ1n) is 8.88. The molecule has 1 unspecified atom stereocenters. The van der Waals surface area contributed by atoms with E-state index in [9.17, 15) is 5.11 Å². The van der Waals surface area contributed by atoms with Gasteiger partial charge in [0.2, 0.25) is 0 Å². The number of rotatable bonds is 5. The summed E-state index contributed by atoms with van der Waals surface area (Å²) in [5, 5.41) is 12.6. The van der Waals surface area contributed by atoms with Crippen LogP contribution in [0.25, 0.3) is 0 Å². The zero-order chi connectivity index (χ0) is 17.2. The monoisotopic (exact) mass is 340 g/mol. The smallest absolute Gasteiger partial charge is 0.261 e. The van der Waals surface area contributed by atoms with Gasteiger partial charge in [0, 0.05) is 12.5 Å². The van der Waals surface area contributed by atoms with E-state index in [0.717, 1.165) is 12.8 Å². The average molecular weight is 341 g/mol. The lowest BCUT2D eigenvalue weighted by atomic mass is 9.83. The quantitative estimate of drug-likeness (QED) is 0.846. The Morgan fingerprint density at radius 2 is 1.42 bits per heavy atom. The van der Waals surface area contributed by atoms with Gasteiger partial charge in [-0.1, -0.05) is 81.4 Å². The highest BCUT2D eigenvalue weighted by Gasteiger charge is 2.50. The molecule has 0 amide bonds. The number of benzene rings is 2. The summed E-state index contributed by atoms with van der Waals surface area (Å²) in [7, 11) is -2.44. The van der Waals surface area contributed by atoms with Gasteiger partial charge in [-0.15, -0.1) is 0 Å². The second kappa shape index (κ2) is 6.83. The van der Waals surface area contributed by atoms with Gasteiger partial charge in [-0.3, -0.25) is 0 Å². The zero-order valence-corrected chi connectivity index (χ0v) is 15.9. The van der Waals surface area contributed by atoms with Crippen LogP contribution in [0.2, 0.25) is 5.04 Å². The minimum Gasteiger partial charge on any atom is -0.407 e. The normalized spacial score (nSPS) is 21.3. The van der Waals surface area contributed by atoms with Crippen molar-refractivity contribution in [3.05, 3.63) is 60.7 Å². The lowest BCUT2D eigenvalue weighted by Gasteiger charge is -2.45. The Hall–Kier alpha value is -1.42. The van der Waals surface area contributed by atoms with Crippen molar-refractivity contribution >= 4 is 18.7 Å². The summed E-state index contributed by atoms with van der Waals surface area (Å²) in [4.78, 5) is 0. The van der Waals surface area contributed by atoms with Gasteiger partial charge in [-0.05, 0) is 28.3 Å². The van der Waals surface area contributed by atoms with Crippen molar-refractivity contribution in [2.75, 3.05) is 6.61 Å². The summed E-state index contributed by atoms with van der Waals surface area (Å²) in [6, 6.07) is 21.4. The van der Waals surface area contributed by atoms with Crippen molar-refractivity contribution in [1.82, 2.24) is 0 Å². The van der Waals surface area contributed by atoms with Crippen molar-refractivity contribution in [1.29, 1.82) is 0 Å². The van der Waals surface area contributed by atoms with E-state index in [1.807, 2.05) is 0 Å². The van der Waals surface area contributed by atoms with Crippen LogP contribution in [0.4, 0.5) is 0 Å². The second-order valence-electron chi connectivity index (χ2n) is 7.88. The molecule has 0 spiro atoms. The van der Waals surface area contributed by atoms with E-state index < -0.39 is 8.32 Å². The van der Waals surface area contributed by atoms with Crippen LogP contribution in [0.5, 0.6) is 0 Å². The van der Waals surface area contributed by atoms with E-state index in [4.69, 9.17) is 4.43 Å². The summed E-state index contributed by atoms with van der Waals surface area (Å²) in [6.45, 7) is 7.51. The largest absolute Gasteiger partial charge is 0.407 e. The maximum absolute atomic E-state index is 9.98. The molecule has 0 heterocycles. The van der Waals surface area contributed by atoms with Crippen LogP contribution in [-0.2, 0) is 4.43 Å². The third-order valence-corrected chi connectivity index (χ3v) is 10.3. The molecule has 1 fully saturated rings. The number of hydrogen-bond acceptors (Lipinski definition) is 2. The molecule has 0 aromatic heterocycles. The summed E-state index contributed by atoms with van der Waals surface area (Å²) in [5.41, 5.74) is 0. The first kappa shape index (κ1) is 17.4. The average Bonchev–Trinajstić information content (AvgIpc) is 2.58. The Labute approximate surface area is 146 Å². The molecule has 2 aromatic carbocycles. The SMILES string of the molecule is CC(C)(C)[Si](OC[C@@H]1CCC1O)(c1ccccc1)c1ccccc1. The van der Waals surface area contributed by atoms with Crippen LogP contribution in [0.15, 0.2) is 60.7 Å². The standard InChI is InChI=1S/C21H28O2Si/c1-21(2,3)24(18-10-6-4-7-11-18,19-12-8-5-9-13-19)23-16-17-14-15-20(17)22/h4-13,17,20,22H,14-16H2,1-3H3/t17-,20?/m0/s1. The predicted molar refractivity (Wildman–Crippen MR) is 102 cm³/mol. The minimum absolute atomic E-state index is 0.00437. The first-order valence-corrected chi connectivity index (χ1v) is 10.8. The van der Waals surface area contributed by atoms with Crippen molar-refractivity contribution in [3.63, 3.8) is 0 Å². The van der Waals surface area contributed by atoms with Gasteiger partial charge in [0.15, 0.2) is 0 Å². The molecule has 0 aliphatic heterocycles. The molecule has 24 heavy (non-hydrogen) atoms. The van der Waals surface area contributed by atoms with E-state index >= 15 is 0 Å². The lowest BCUT2D eigenvalue weighted by Crippen LogP contribution is -2.67. The Morgan fingerprint density at radius 1 is 0.917 bits per heavy atom. The van der Waals surface area contributed by atoms with Gasteiger partial charge < -0.3 is 9.53 Å². The molecule has 3 heteroatoms. The van der Waals surface area contributed by atoms with E-state index in [1.165, 1.54) is 10.4 Å². The molecule has 128 valence electrons. The zero-order valence-electron chi connectivity index (χ0n) is 14.9. The summed E-state index contributed by atoms with van der Waals surface area (Å²) in [5.74, 6) is 0.284. The number of aliphatic hydroxyl groups excluding tert-OH is 1. The van der Waals surface area contributed by atoms with E-state index in [2.05, 4.69) is 81.4 Å². The van der Waals surface area contributed by atoms with Gasteiger partial charge in [0.05, 0.1) is 6.10 Å². The third-order valence-electron chi connectivity index (χ3n) is 5.31. The van der Waals surface area contributed by atoms with Crippen LogP contribution in [0, 0.1) is 5.92 Å². The third kappa shape index (κ3) is 3.08. The molecule has 0 bridgehead atoms. The van der Waals surface area contributed by atoms with E-state index in [-0.39, 0.29) is 17.1 Å². The van der Waals surface area contributed by atoms with Crippen LogP contribution >= 0.6 is 0 Å². The maximum atomic E-state index is 9.98. The van der Waals surface area contributed by atoms with Gasteiger partial charge in [-0.25, -0.2) is 0 Å². The lowest BCUT2D eigenvalue weighted by molar-refractivity contribution is -0.00340. The highest BCUT2D eigenvalue weighted by atomic mass is 28.4. The molecule has 3 rings (SSSR count). The van der Waals surface area contributed by atoms with Crippen molar-refractivity contribution in [3.8, 4) is 0 Å². The Kier molecular flexibility index (Phi) is 4.95. The summed E-state index contributed by atoms with van der Waals surface area (Å²) >= 11 is 0. The highest BCUT2D eigenvalue weighted by Crippen LogP contribution is 2.38. The summed E-state index contributed by atoms with van der Waals surface area (Å²) < 4.78 is 6.82.